The van der Waals surface area contributed by atoms with Gasteiger partial charge in [0.25, 0.3) is 0 Å². The van der Waals surface area contributed by atoms with Crippen LogP contribution < -0.4 is 5.73 Å². The minimum absolute atomic E-state index is 0.140. The van der Waals surface area contributed by atoms with Crippen LogP contribution in [-0.2, 0) is 0 Å². The standard InChI is InChI=1S/C11H18N2S/c1-7-9(13-8(2)14-7)10(12)11(3)5-4-6-11/h10H,4-6,12H2,1-3H3/t10-/m0/s1. The van der Waals surface area contributed by atoms with Crippen LogP contribution in [0.15, 0.2) is 0 Å². The van der Waals surface area contributed by atoms with E-state index in [2.05, 4.69) is 25.8 Å². The fourth-order valence-electron chi connectivity index (χ4n) is 2.21. The molecular formula is C11H18N2S. The number of rotatable bonds is 2. The minimum Gasteiger partial charge on any atom is -0.322 e. The van der Waals surface area contributed by atoms with Crippen LogP contribution in [0.4, 0.5) is 0 Å². The quantitative estimate of drug-likeness (QED) is 0.815. The summed E-state index contributed by atoms with van der Waals surface area (Å²) in [5.74, 6) is 0. The fourth-order valence-corrected chi connectivity index (χ4v) is 3.07. The molecule has 1 aliphatic rings. The first-order valence-corrected chi connectivity index (χ1v) is 6.04. The van der Waals surface area contributed by atoms with Crippen molar-refractivity contribution in [2.24, 2.45) is 11.1 Å². The Hall–Kier alpha value is -0.410. The third-order valence-corrected chi connectivity index (χ3v) is 4.38. The Balaban J connectivity index is 2.26. The number of hydrogen-bond acceptors (Lipinski definition) is 3. The van der Waals surface area contributed by atoms with Crippen molar-refractivity contribution in [1.29, 1.82) is 0 Å². The monoisotopic (exact) mass is 210 g/mol. The van der Waals surface area contributed by atoms with E-state index < -0.39 is 0 Å². The smallest absolute Gasteiger partial charge is 0.0900 e. The second kappa shape index (κ2) is 3.31. The number of aromatic nitrogens is 1. The lowest BCUT2D eigenvalue weighted by atomic mass is 9.65. The molecule has 0 bridgehead atoms. The van der Waals surface area contributed by atoms with E-state index in [1.54, 1.807) is 11.3 Å². The molecule has 2 nitrogen and oxygen atoms in total. The van der Waals surface area contributed by atoms with E-state index in [0.717, 1.165) is 10.7 Å². The zero-order valence-electron chi connectivity index (χ0n) is 9.13. The first kappa shape index (κ1) is 10.1. The summed E-state index contributed by atoms with van der Waals surface area (Å²) in [7, 11) is 0. The molecule has 0 aromatic carbocycles. The molecule has 0 spiro atoms. The summed E-state index contributed by atoms with van der Waals surface area (Å²) in [4.78, 5) is 5.85. The van der Waals surface area contributed by atoms with Gasteiger partial charge >= 0.3 is 0 Å². The molecule has 78 valence electrons. The summed E-state index contributed by atoms with van der Waals surface area (Å²) in [5, 5.41) is 1.14. The number of aryl methyl sites for hydroxylation is 2. The van der Waals surface area contributed by atoms with Crippen LogP contribution in [0.2, 0.25) is 0 Å². The van der Waals surface area contributed by atoms with Crippen molar-refractivity contribution in [1.82, 2.24) is 4.98 Å². The fraction of sp³-hybridized carbons (Fsp3) is 0.727. The first-order valence-electron chi connectivity index (χ1n) is 5.22. The summed E-state index contributed by atoms with van der Waals surface area (Å²) in [6.07, 6.45) is 3.83. The van der Waals surface area contributed by atoms with E-state index in [0.29, 0.717) is 5.41 Å². The van der Waals surface area contributed by atoms with Gasteiger partial charge in [-0.2, -0.15) is 0 Å². The van der Waals surface area contributed by atoms with Crippen LogP contribution in [0.3, 0.4) is 0 Å². The van der Waals surface area contributed by atoms with Gasteiger partial charge in [0.15, 0.2) is 0 Å². The molecule has 14 heavy (non-hydrogen) atoms. The van der Waals surface area contributed by atoms with Crippen LogP contribution in [0, 0.1) is 19.3 Å². The normalized spacial score (nSPS) is 21.7. The van der Waals surface area contributed by atoms with Crippen molar-refractivity contribution in [2.45, 2.75) is 46.1 Å². The highest BCUT2D eigenvalue weighted by Crippen LogP contribution is 2.49. The second-order valence-corrected chi connectivity index (χ2v) is 6.07. The van der Waals surface area contributed by atoms with Crippen LogP contribution in [0.1, 0.15) is 47.8 Å². The molecule has 1 fully saturated rings. The highest BCUT2D eigenvalue weighted by Gasteiger charge is 2.40. The van der Waals surface area contributed by atoms with Gasteiger partial charge in [-0.15, -0.1) is 11.3 Å². The third-order valence-electron chi connectivity index (χ3n) is 3.48. The highest BCUT2D eigenvalue weighted by molar-refractivity contribution is 7.11. The Kier molecular flexibility index (Phi) is 2.40. The van der Waals surface area contributed by atoms with E-state index in [-0.39, 0.29) is 6.04 Å². The van der Waals surface area contributed by atoms with Crippen LogP contribution >= 0.6 is 11.3 Å². The Morgan fingerprint density at radius 3 is 2.43 bits per heavy atom. The van der Waals surface area contributed by atoms with E-state index in [4.69, 9.17) is 5.73 Å². The van der Waals surface area contributed by atoms with E-state index >= 15 is 0 Å². The predicted molar refractivity (Wildman–Crippen MR) is 60.5 cm³/mol. The zero-order chi connectivity index (χ0) is 10.3. The van der Waals surface area contributed by atoms with Crippen LogP contribution in [-0.4, -0.2) is 4.98 Å². The molecule has 1 saturated carbocycles. The zero-order valence-corrected chi connectivity index (χ0v) is 9.95. The Labute approximate surface area is 89.5 Å². The first-order chi connectivity index (χ1) is 6.53. The lowest BCUT2D eigenvalue weighted by molar-refractivity contribution is 0.117. The number of hydrogen-bond donors (Lipinski definition) is 1. The predicted octanol–water partition coefficient (Wildman–Crippen LogP) is 2.95. The van der Waals surface area contributed by atoms with Gasteiger partial charge in [0.1, 0.15) is 0 Å². The lowest BCUT2D eigenvalue weighted by Gasteiger charge is -2.42. The van der Waals surface area contributed by atoms with Crippen molar-refractivity contribution in [3.05, 3.63) is 15.6 Å². The number of nitrogens with zero attached hydrogens (tertiary/aromatic N) is 1. The van der Waals surface area contributed by atoms with Crippen molar-refractivity contribution >= 4 is 11.3 Å². The van der Waals surface area contributed by atoms with Gasteiger partial charge in [-0.3, -0.25) is 0 Å². The number of thiazole rings is 1. The maximum absolute atomic E-state index is 6.29. The number of nitrogens with two attached hydrogens (primary N) is 1. The molecule has 0 saturated heterocycles. The molecule has 2 N–H and O–H groups in total. The molecule has 1 atom stereocenters. The Morgan fingerprint density at radius 1 is 1.43 bits per heavy atom. The average molecular weight is 210 g/mol. The topological polar surface area (TPSA) is 38.9 Å². The molecule has 1 aromatic heterocycles. The molecule has 2 rings (SSSR count). The van der Waals surface area contributed by atoms with Crippen molar-refractivity contribution in [3.63, 3.8) is 0 Å². The minimum atomic E-state index is 0.140. The van der Waals surface area contributed by atoms with Crippen molar-refractivity contribution in [3.8, 4) is 0 Å². The largest absolute Gasteiger partial charge is 0.322 e. The summed E-state index contributed by atoms with van der Waals surface area (Å²) in [6.45, 7) is 6.47. The summed E-state index contributed by atoms with van der Waals surface area (Å²) >= 11 is 1.76. The molecular weight excluding hydrogens is 192 g/mol. The second-order valence-electron chi connectivity index (χ2n) is 4.66. The van der Waals surface area contributed by atoms with Gasteiger partial charge in [0.2, 0.25) is 0 Å². The van der Waals surface area contributed by atoms with Crippen LogP contribution in [0.5, 0.6) is 0 Å². The molecule has 0 radical (unpaired) electrons. The molecule has 0 amide bonds. The van der Waals surface area contributed by atoms with Gasteiger partial charge in [0, 0.05) is 4.88 Å². The third kappa shape index (κ3) is 1.48. The van der Waals surface area contributed by atoms with Gasteiger partial charge in [-0.05, 0) is 32.1 Å². The molecule has 0 unspecified atom stereocenters. The summed E-state index contributed by atoms with van der Waals surface area (Å²) in [6, 6.07) is 0.140. The van der Waals surface area contributed by atoms with Gasteiger partial charge in [-0.1, -0.05) is 13.3 Å². The SMILES string of the molecule is Cc1nc([C@H](N)C2(C)CCC2)c(C)s1. The maximum Gasteiger partial charge on any atom is 0.0900 e. The molecule has 1 heterocycles. The highest BCUT2D eigenvalue weighted by atomic mass is 32.1. The molecule has 1 aromatic rings. The maximum atomic E-state index is 6.29. The molecule has 0 aliphatic heterocycles. The van der Waals surface area contributed by atoms with Gasteiger partial charge in [-0.25, -0.2) is 4.98 Å². The van der Waals surface area contributed by atoms with E-state index in [1.165, 1.54) is 24.1 Å². The van der Waals surface area contributed by atoms with Crippen molar-refractivity contribution in [2.75, 3.05) is 0 Å². The molecule has 3 heteroatoms. The van der Waals surface area contributed by atoms with Gasteiger partial charge in [0.05, 0.1) is 16.7 Å². The Morgan fingerprint density at radius 2 is 2.07 bits per heavy atom. The lowest BCUT2D eigenvalue weighted by Crippen LogP contribution is -2.38. The Bertz CT molecular complexity index is 339. The van der Waals surface area contributed by atoms with Crippen molar-refractivity contribution < 1.29 is 0 Å². The summed E-state index contributed by atoms with van der Waals surface area (Å²) in [5.41, 5.74) is 7.74. The van der Waals surface area contributed by atoms with E-state index in [1.807, 2.05) is 0 Å². The summed E-state index contributed by atoms with van der Waals surface area (Å²) < 4.78 is 0. The van der Waals surface area contributed by atoms with Gasteiger partial charge < -0.3 is 5.73 Å². The average Bonchev–Trinajstić information content (AvgIpc) is 2.40. The molecule has 1 aliphatic carbocycles. The van der Waals surface area contributed by atoms with Crippen LogP contribution in [0.25, 0.3) is 0 Å². The van der Waals surface area contributed by atoms with E-state index in [9.17, 15) is 0 Å².